The molecule has 0 saturated heterocycles. The number of nitrogens with one attached hydrogen (secondary N) is 2. The van der Waals surface area contributed by atoms with Gasteiger partial charge < -0.3 is 10.1 Å². The van der Waals surface area contributed by atoms with Crippen LogP contribution in [0.15, 0.2) is 89.8 Å². The Labute approximate surface area is 176 Å². The van der Waals surface area contributed by atoms with E-state index < -0.39 is 10.0 Å². The van der Waals surface area contributed by atoms with E-state index in [0.29, 0.717) is 18.0 Å². The number of sulfonamides is 1. The van der Waals surface area contributed by atoms with Gasteiger partial charge in [-0.1, -0.05) is 42.5 Å². The zero-order chi connectivity index (χ0) is 21.4. The lowest BCUT2D eigenvalue weighted by Crippen LogP contribution is -2.14. The topological polar surface area (TPSA) is 84.5 Å². The first kappa shape index (κ1) is 21.1. The number of rotatable bonds is 8. The Balaban J connectivity index is 1.62. The second-order valence-electron chi connectivity index (χ2n) is 6.42. The van der Waals surface area contributed by atoms with E-state index in [0.717, 1.165) is 11.1 Å². The molecule has 0 spiro atoms. The molecule has 0 aliphatic carbocycles. The third-order valence-electron chi connectivity index (χ3n) is 4.22. The third-order valence-corrected chi connectivity index (χ3v) is 5.62. The minimum absolute atomic E-state index is 0.129. The fourth-order valence-corrected chi connectivity index (χ4v) is 3.65. The Morgan fingerprint density at radius 2 is 1.60 bits per heavy atom. The van der Waals surface area contributed by atoms with Crippen molar-refractivity contribution in [1.29, 1.82) is 0 Å². The maximum Gasteiger partial charge on any atom is 0.261 e. The highest BCUT2D eigenvalue weighted by Gasteiger charge is 2.14. The monoisotopic (exact) mass is 422 g/mol. The van der Waals surface area contributed by atoms with Gasteiger partial charge in [0.25, 0.3) is 10.0 Å². The normalized spacial score (nSPS) is 11.2. The van der Waals surface area contributed by atoms with Crippen LogP contribution in [0.25, 0.3) is 6.08 Å². The van der Waals surface area contributed by atoms with E-state index in [1.807, 2.05) is 30.3 Å². The summed E-state index contributed by atoms with van der Waals surface area (Å²) in [6.45, 7) is 0.437. The summed E-state index contributed by atoms with van der Waals surface area (Å²) in [6, 6.07) is 22.8. The van der Waals surface area contributed by atoms with Crippen molar-refractivity contribution in [2.24, 2.45) is 0 Å². The zero-order valence-electron chi connectivity index (χ0n) is 16.4. The van der Waals surface area contributed by atoms with E-state index >= 15 is 0 Å². The van der Waals surface area contributed by atoms with Crippen LogP contribution >= 0.6 is 0 Å². The minimum atomic E-state index is -3.73. The highest BCUT2D eigenvalue weighted by Crippen LogP contribution is 2.21. The van der Waals surface area contributed by atoms with Crippen LogP contribution in [0.1, 0.15) is 11.1 Å². The van der Waals surface area contributed by atoms with E-state index in [9.17, 15) is 13.2 Å². The number of ether oxygens (including phenoxy) is 1. The third kappa shape index (κ3) is 5.96. The smallest absolute Gasteiger partial charge is 0.261 e. The van der Waals surface area contributed by atoms with Crippen molar-refractivity contribution >= 4 is 27.7 Å². The molecular weight excluding hydrogens is 400 g/mol. The number of hydrogen-bond acceptors (Lipinski definition) is 4. The van der Waals surface area contributed by atoms with Crippen molar-refractivity contribution in [1.82, 2.24) is 5.32 Å². The Morgan fingerprint density at radius 1 is 0.933 bits per heavy atom. The SMILES string of the molecule is CNC(=O)/C=C/c1ccc(S(=O)(=O)Nc2ccc(OCc3ccccc3)cc2)cc1. The molecule has 0 bridgehead atoms. The average molecular weight is 423 g/mol. The van der Waals surface area contributed by atoms with E-state index in [4.69, 9.17) is 4.74 Å². The van der Waals surface area contributed by atoms with Crippen LogP contribution < -0.4 is 14.8 Å². The quantitative estimate of drug-likeness (QED) is 0.541. The van der Waals surface area contributed by atoms with Crippen molar-refractivity contribution in [3.8, 4) is 5.75 Å². The van der Waals surface area contributed by atoms with Gasteiger partial charge in [-0.05, 0) is 53.6 Å². The number of benzene rings is 3. The lowest BCUT2D eigenvalue weighted by molar-refractivity contribution is -0.115. The van der Waals surface area contributed by atoms with Crippen molar-refractivity contribution in [2.75, 3.05) is 11.8 Å². The highest BCUT2D eigenvalue weighted by atomic mass is 32.2. The second-order valence-corrected chi connectivity index (χ2v) is 8.10. The van der Waals surface area contributed by atoms with E-state index in [1.54, 1.807) is 42.5 Å². The zero-order valence-corrected chi connectivity index (χ0v) is 17.2. The average Bonchev–Trinajstić information content (AvgIpc) is 2.77. The Morgan fingerprint density at radius 3 is 2.23 bits per heavy atom. The van der Waals surface area contributed by atoms with Gasteiger partial charge in [-0.15, -0.1) is 0 Å². The summed E-state index contributed by atoms with van der Waals surface area (Å²) < 4.78 is 33.5. The van der Waals surface area contributed by atoms with Crippen molar-refractivity contribution in [3.63, 3.8) is 0 Å². The molecule has 0 aromatic heterocycles. The van der Waals surface area contributed by atoms with Crippen molar-refractivity contribution in [2.45, 2.75) is 11.5 Å². The summed E-state index contributed by atoms with van der Waals surface area (Å²) in [5.41, 5.74) is 2.21. The first-order valence-electron chi connectivity index (χ1n) is 9.26. The molecule has 0 saturated carbocycles. The number of carbonyl (C=O) groups is 1. The first-order chi connectivity index (χ1) is 14.5. The van der Waals surface area contributed by atoms with Crippen LogP contribution in [0.3, 0.4) is 0 Å². The summed E-state index contributed by atoms with van der Waals surface area (Å²) in [4.78, 5) is 11.4. The number of carbonyl (C=O) groups excluding carboxylic acids is 1. The van der Waals surface area contributed by atoms with Crippen LogP contribution in [-0.2, 0) is 21.4 Å². The molecule has 2 N–H and O–H groups in total. The molecule has 7 heteroatoms. The number of likely N-dealkylation sites (N-methyl/N-ethyl adjacent to an activating group) is 1. The van der Waals surface area contributed by atoms with Crippen LogP contribution in [-0.4, -0.2) is 21.4 Å². The lowest BCUT2D eigenvalue weighted by Gasteiger charge is -2.10. The van der Waals surface area contributed by atoms with Crippen LogP contribution in [0.2, 0.25) is 0 Å². The maximum atomic E-state index is 12.6. The first-order valence-corrected chi connectivity index (χ1v) is 10.7. The summed E-state index contributed by atoms with van der Waals surface area (Å²) in [7, 11) is -2.19. The van der Waals surface area contributed by atoms with Crippen LogP contribution in [0.4, 0.5) is 5.69 Å². The largest absolute Gasteiger partial charge is 0.489 e. The van der Waals surface area contributed by atoms with Gasteiger partial charge in [0, 0.05) is 18.8 Å². The molecule has 3 rings (SSSR count). The molecule has 154 valence electrons. The van der Waals surface area contributed by atoms with Crippen LogP contribution in [0.5, 0.6) is 5.75 Å². The van der Waals surface area contributed by atoms with Crippen LogP contribution in [0, 0.1) is 0 Å². The van der Waals surface area contributed by atoms with E-state index in [1.165, 1.54) is 25.3 Å². The van der Waals surface area contributed by atoms with E-state index in [-0.39, 0.29) is 10.8 Å². The van der Waals surface area contributed by atoms with Gasteiger partial charge in [-0.2, -0.15) is 0 Å². The van der Waals surface area contributed by atoms with Crippen molar-refractivity contribution < 1.29 is 17.9 Å². The Hall–Kier alpha value is -3.58. The molecule has 6 nitrogen and oxygen atoms in total. The van der Waals surface area contributed by atoms with Gasteiger partial charge in [0.1, 0.15) is 12.4 Å². The predicted molar refractivity (Wildman–Crippen MR) is 118 cm³/mol. The molecule has 0 unspecified atom stereocenters. The number of hydrogen-bond donors (Lipinski definition) is 2. The van der Waals surface area contributed by atoms with Gasteiger partial charge in [0.05, 0.1) is 4.90 Å². The van der Waals surface area contributed by atoms with Gasteiger partial charge in [-0.3, -0.25) is 9.52 Å². The van der Waals surface area contributed by atoms with Gasteiger partial charge in [0.15, 0.2) is 0 Å². The van der Waals surface area contributed by atoms with Gasteiger partial charge in [-0.25, -0.2) is 8.42 Å². The number of anilines is 1. The summed E-state index contributed by atoms with van der Waals surface area (Å²) in [5.74, 6) is 0.415. The molecule has 1 amide bonds. The fourth-order valence-electron chi connectivity index (χ4n) is 2.59. The van der Waals surface area contributed by atoms with Crippen molar-refractivity contribution in [3.05, 3.63) is 96.1 Å². The minimum Gasteiger partial charge on any atom is -0.489 e. The summed E-state index contributed by atoms with van der Waals surface area (Å²) >= 11 is 0. The maximum absolute atomic E-state index is 12.6. The summed E-state index contributed by atoms with van der Waals surface area (Å²) in [5, 5.41) is 2.48. The molecule has 0 aliphatic rings. The lowest BCUT2D eigenvalue weighted by atomic mass is 10.2. The molecule has 0 fully saturated rings. The summed E-state index contributed by atoms with van der Waals surface area (Å²) in [6.07, 6.45) is 2.99. The molecule has 0 atom stereocenters. The van der Waals surface area contributed by atoms with Gasteiger partial charge in [0.2, 0.25) is 5.91 Å². The molecule has 0 radical (unpaired) electrons. The fraction of sp³-hybridized carbons (Fsp3) is 0.0870. The molecule has 0 aliphatic heterocycles. The molecule has 0 heterocycles. The predicted octanol–water partition coefficient (Wildman–Crippen LogP) is 3.83. The molecular formula is C23H22N2O4S. The Bertz CT molecular complexity index is 1110. The molecule has 30 heavy (non-hydrogen) atoms. The second kappa shape index (κ2) is 9.76. The van der Waals surface area contributed by atoms with Gasteiger partial charge >= 0.3 is 0 Å². The molecule has 3 aromatic carbocycles. The standard InChI is InChI=1S/C23H22N2O4S/c1-24-23(26)16-9-18-7-14-22(15-8-18)30(27,28)25-20-10-12-21(13-11-20)29-17-19-5-3-2-4-6-19/h2-16,25H,17H2,1H3,(H,24,26)/b16-9+. The van der Waals surface area contributed by atoms with E-state index in [2.05, 4.69) is 10.0 Å². The molecule has 3 aromatic rings. The highest BCUT2D eigenvalue weighted by molar-refractivity contribution is 7.92. The number of amides is 1. The Kier molecular flexibility index (Phi) is 6.87.